The number of ketones is 1. The third-order valence-electron chi connectivity index (χ3n) is 7.25. The monoisotopic (exact) mass is 506 g/mol. The number of rotatable bonds is 7. The first-order valence-electron chi connectivity index (χ1n) is 13.0. The minimum atomic E-state index is -0.670. The molecule has 0 radical (unpaired) electrons. The molecule has 0 saturated carbocycles. The van der Waals surface area contributed by atoms with Gasteiger partial charge in [-0.25, -0.2) is 0 Å². The molecule has 8 nitrogen and oxygen atoms in total. The molecule has 0 unspecified atom stereocenters. The maximum Gasteiger partial charge on any atom is 0.295 e. The summed E-state index contributed by atoms with van der Waals surface area (Å²) in [5.41, 5.74) is 2.48. The summed E-state index contributed by atoms with van der Waals surface area (Å²) in [7, 11) is 0. The quantitative estimate of drug-likeness (QED) is 0.348. The Kier molecular flexibility index (Phi) is 7.48. The van der Waals surface area contributed by atoms with Gasteiger partial charge in [-0.05, 0) is 41.7 Å². The number of ether oxygens (including phenoxy) is 3. The van der Waals surface area contributed by atoms with Gasteiger partial charge >= 0.3 is 0 Å². The van der Waals surface area contributed by atoms with Crippen LogP contribution in [0.15, 0.2) is 48.0 Å². The van der Waals surface area contributed by atoms with Gasteiger partial charge in [-0.3, -0.25) is 14.5 Å². The highest BCUT2D eigenvalue weighted by atomic mass is 16.6. The van der Waals surface area contributed by atoms with Crippen LogP contribution < -0.4 is 9.47 Å². The summed E-state index contributed by atoms with van der Waals surface area (Å²) >= 11 is 0. The van der Waals surface area contributed by atoms with Crippen molar-refractivity contribution >= 4 is 17.4 Å². The summed E-state index contributed by atoms with van der Waals surface area (Å²) in [6.45, 7) is 9.48. The summed E-state index contributed by atoms with van der Waals surface area (Å²) < 4.78 is 16.7. The molecule has 1 atom stereocenters. The van der Waals surface area contributed by atoms with Crippen LogP contribution in [0.5, 0.6) is 11.5 Å². The van der Waals surface area contributed by atoms with Crippen LogP contribution >= 0.6 is 0 Å². The van der Waals surface area contributed by atoms with Gasteiger partial charge in [-0.1, -0.05) is 38.1 Å². The van der Waals surface area contributed by atoms with Crippen LogP contribution in [0.25, 0.3) is 5.76 Å². The summed E-state index contributed by atoms with van der Waals surface area (Å²) in [6.07, 6.45) is 0.720. The second-order valence-electron chi connectivity index (χ2n) is 9.98. The van der Waals surface area contributed by atoms with Crippen molar-refractivity contribution in [3.05, 3.63) is 64.7 Å². The van der Waals surface area contributed by atoms with E-state index in [1.54, 1.807) is 23.1 Å². The number of morpholine rings is 1. The van der Waals surface area contributed by atoms with Crippen LogP contribution in [0.1, 0.15) is 48.9 Å². The molecule has 1 amide bonds. The van der Waals surface area contributed by atoms with Crippen molar-refractivity contribution < 1.29 is 28.9 Å². The first-order chi connectivity index (χ1) is 17.9. The van der Waals surface area contributed by atoms with E-state index in [0.717, 1.165) is 31.6 Å². The molecule has 196 valence electrons. The van der Waals surface area contributed by atoms with Crippen molar-refractivity contribution in [2.24, 2.45) is 0 Å². The summed E-state index contributed by atoms with van der Waals surface area (Å²) in [6, 6.07) is 12.4. The van der Waals surface area contributed by atoms with Gasteiger partial charge in [0.2, 0.25) is 0 Å². The molecule has 5 rings (SSSR count). The number of nitrogens with zero attached hydrogens (tertiary/aromatic N) is 2. The normalized spacial score (nSPS) is 21.6. The molecular formula is C29H34N2O6. The lowest BCUT2D eigenvalue weighted by molar-refractivity contribution is -0.140. The maximum atomic E-state index is 13.4. The number of benzene rings is 2. The van der Waals surface area contributed by atoms with Gasteiger partial charge in [0.25, 0.3) is 11.7 Å². The van der Waals surface area contributed by atoms with E-state index < -0.39 is 17.7 Å². The molecular weight excluding hydrogens is 472 g/mol. The second-order valence-corrected chi connectivity index (χ2v) is 9.98. The zero-order valence-corrected chi connectivity index (χ0v) is 21.4. The minimum absolute atomic E-state index is 0.102. The maximum absolute atomic E-state index is 13.4. The van der Waals surface area contributed by atoms with Crippen LogP contribution in [0.3, 0.4) is 0 Å². The molecule has 2 aromatic rings. The number of Topliss-reactive ketones (excluding diaryl/α,β-unsaturated/α-hetero) is 1. The number of carbonyl (C=O) groups excluding carboxylic acids is 2. The van der Waals surface area contributed by atoms with Gasteiger partial charge in [0, 0.05) is 31.7 Å². The van der Waals surface area contributed by atoms with Crippen LogP contribution in [0.4, 0.5) is 0 Å². The van der Waals surface area contributed by atoms with E-state index in [1.165, 1.54) is 5.56 Å². The zero-order chi connectivity index (χ0) is 25.9. The Bertz CT molecular complexity index is 1180. The highest BCUT2D eigenvalue weighted by Crippen LogP contribution is 2.41. The topological polar surface area (TPSA) is 88.5 Å². The van der Waals surface area contributed by atoms with E-state index in [9.17, 15) is 14.7 Å². The molecule has 0 bridgehead atoms. The fourth-order valence-electron chi connectivity index (χ4n) is 5.16. The van der Waals surface area contributed by atoms with Gasteiger partial charge < -0.3 is 24.2 Å². The molecule has 8 heteroatoms. The number of hydrogen-bond acceptors (Lipinski definition) is 7. The molecule has 3 heterocycles. The third-order valence-corrected chi connectivity index (χ3v) is 7.25. The molecule has 3 aliphatic rings. The number of carbonyl (C=O) groups is 2. The fraction of sp³-hybridized carbons (Fsp3) is 0.448. The van der Waals surface area contributed by atoms with Gasteiger partial charge in [0.05, 0.1) is 24.8 Å². The predicted molar refractivity (Wildman–Crippen MR) is 139 cm³/mol. The summed E-state index contributed by atoms with van der Waals surface area (Å²) in [4.78, 5) is 30.5. The van der Waals surface area contributed by atoms with Gasteiger partial charge in [0.1, 0.15) is 19.0 Å². The molecule has 2 fully saturated rings. The van der Waals surface area contributed by atoms with Crippen molar-refractivity contribution in [2.75, 3.05) is 52.6 Å². The van der Waals surface area contributed by atoms with E-state index in [4.69, 9.17) is 14.2 Å². The molecule has 1 N–H and O–H groups in total. The number of aliphatic hydroxyl groups is 1. The van der Waals surface area contributed by atoms with Crippen LogP contribution in [0, 0.1) is 0 Å². The predicted octanol–water partition coefficient (Wildman–Crippen LogP) is 3.73. The van der Waals surface area contributed by atoms with Crippen molar-refractivity contribution in [2.45, 2.75) is 32.2 Å². The van der Waals surface area contributed by atoms with Crippen LogP contribution in [-0.2, 0) is 14.3 Å². The Morgan fingerprint density at radius 1 is 0.946 bits per heavy atom. The standard InChI is InChI=1S/C29H34N2O6/c1-19(2)20-4-6-21(7-5-20)26-25(27(32)22-8-9-23-24(18-22)37-17-16-36-23)28(33)29(34)31(26)11-3-10-30-12-14-35-15-13-30/h4-9,18-19,26,32H,3,10-17H2,1-2H3/t26-/m0/s1. The molecule has 0 aliphatic carbocycles. The SMILES string of the molecule is CC(C)c1ccc([C@H]2C(=C(O)c3ccc4c(c3)OCCO4)C(=O)C(=O)N2CCCN2CCOCC2)cc1. The lowest BCUT2D eigenvalue weighted by atomic mass is 9.93. The number of aliphatic hydroxyl groups excluding tert-OH is 1. The molecule has 2 saturated heterocycles. The molecule has 0 spiro atoms. The Morgan fingerprint density at radius 3 is 2.35 bits per heavy atom. The van der Waals surface area contributed by atoms with Gasteiger partial charge in [0.15, 0.2) is 11.5 Å². The molecule has 2 aromatic carbocycles. The van der Waals surface area contributed by atoms with E-state index in [-0.39, 0.29) is 11.3 Å². The molecule has 37 heavy (non-hydrogen) atoms. The number of likely N-dealkylation sites (tertiary alicyclic amines) is 1. The summed E-state index contributed by atoms with van der Waals surface area (Å²) in [5, 5.41) is 11.4. The van der Waals surface area contributed by atoms with Gasteiger partial charge in [-0.2, -0.15) is 0 Å². The largest absolute Gasteiger partial charge is 0.507 e. The first kappa shape index (κ1) is 25.3. The lowest BCUT2D eigenvalue weighted by Gasteiger charge is -2.29. The first-order valence-corrected chi connectivity index (χ1v) is 13.0. The molecule has 0 aromatic heterocycles. The van der Waals surface area contributed by atoms with Gasteiger partial charge in [-0.15, -0.1) is 0 Å². The minimum Gasteiger partial charge on any atom is -0.507 e. The van der Waals surface area contributed by atoms with E-state index in [2.05, 4.69) is 18.7 Å². The highest BCUT2D eigenvalue weighted by Gasteiger charge is 2.46. The van der Waals surface area contributed by atoms with Crippen molar-refractivity contribution in [1.29, 1.82) is 0 Å². The Morgan fingerprint density at radius 2 is 1.65 bits per heavy atom. The highest BCUT2D eigenvalue weighted by molar-refractivity contribution is 6.46. The van der Waals surface area contributed by atoms with Crippen molar-refractivity contribution in [3.63, 3.8) is 0 Å². The Balaban J connectivity index is 1.49. The van der Waals surface area contributed by atoms with Crippen molar-refractivity contribution in [1.82, 2.24) is 9.80 Å². The van der Waals surface area contributed by atoms with E-state index in [0.29, 0.717) is 56.0 Å². The van der Waals surface area contributed by atoms with Crippen LogP contribution in [0.2, 0.25) is 0 Å². The Labute approximate surface area is 217 Å². The van der Waals surface area contributed by atoms with E-state index in [1.807, 2.05) is 24.3 Å². The smallest absolute Gasteiger partial charge is 0.295 e. The zero-order valence-electron chi connectivity index (χ0n) is 21.4. The third kappa shape index (κ3) is 5.22. The van der Waals surface area contributed by atoms with Crippen molar-refractivity contribution in [3.8, 4) is 11.5 Å². The Hall–Kier alpha value is -3.36. The summed E-state index contributed by atoms with van der Waals surface area (Å²) in [5.74, 6) is -0.00800. The number of fused-ring (bicyclic) bond motifs is 1. The second kappa shape index (κ2) is 10.9. The lowest BCUT2D eigenvalue weighted by Crippen LogP contribution is -2.38. The fourth-order valence-corrected chi connectivity index (χ4v) is 5.16. The molecule has 3 aliphatic heterocycles. The average Bonchev–Trinajstić information content (AvgIpc) is 3.18. The number of hydrogen-bond donors (Lipinski definition) is 1. The average molecular weight is 507 g/mol. The van der Waals surface area contributed by atoms with E-state index >= 15 is 0 Å². The number of amides is 1. The van der Waals surface area contributed by atoms with Crippen LogP contribution in [-0.4, -0.2) is 79.2 Å².